The monoisotopic (exact) mass is 369 g/mol. The Morgan fingerprint density at radius 2 is 2.00 bits per heavy atom. The van der Waals surface area contributed by atoms with Crippen LogP contribution in [0.25, 0.3) is 16.3 Å². The summed E-state index contributed by atoms with van der Waals surface area (Å²) in [6.07, 6.45) is 2.54. The minimum absolute atomic E-state index is 0.208. The third kappa shape index (κ3) is 4.18. The number of carbonyl (C=O) groups is 2. The molecular weight excluding hydrogens is 350 g/mol. The van der Waals surface area contributed by atoms with Gasteiger partial charge in [-0.1, -0.05) is 24.3 Å². The van der Waals surface area contributed by atoms with Crippen LogP contribution in [-0.2, 0) is 9.53 Å². The van der Waals surface area contributed by atoms with Crippen molar-refractivity contribution in [3.8, 4) is 16.3 Å². The Labute approximate surface area is 155 Å². The van der Waals surface area contributed by atoms with E-state index in [1.807, 2.05) is 47.8 Å². The molecule has 0 saturated heterocycles. The number of para-hydroxylation sites is 1. The second-order valence-electron chi connectivity index (χ2n) is 5.58. The summed E-state index contributed by atoms with van der Waals surface area (Å²) >= 11 is 1.53. The molecular formula is C19H19N3O3S. The molecule has 0 aliphatic rings. The van der Waals surface area contributed by atoms with Crippen LogP contribution in [0, 0.1) is 0 Å². The Morgan fingerprint density at radius 3 is 2.69 bits per heavy atom. The quantitative estimate of drug-likeness (QED) is 0.512. The lowest BCUT2D eigenvalue weighted by atomic mass is 10.2. The third-order valence-electron chi connectivity index (χ3n) is 3.81. The summed E-state index contributed by atoms with van der Waals surface area (Å²) in [5, 5.41) is 9.41. The van der Waals surface area contributed by atoms with Gasteiger partial charge in [-0.05, 0) is 30.0 Å². The molecule has 0 aliphatic heterocycles. The van der Waals surface area contributed by atoms with E-state index in [2.05, 4.69) is 15.2 Å². The molecule has 6 nitrogen and oxygen atoms in total. The average Bonchev–Trinajstić information content (AvgIpc) is 3.34. The van der Waals surface area contributed by atoms with Crippen LogP contribution in [0.1, 0.15) is 23.2 Å². The van der Waals surface area contributed by atoms with Crippen molar-refractivity contribution in [1.82, 2.24) is 15.1 Å². The maximum absolute atomic E-state index is 12.6. The highest BCUT2D eigenvalue weighted by Gasteiger charge is 2.19. The number of hydrogen-bond donors (Lipinski definition) is 1. The van der Waals surface area contributed by atoms with Gasteiger partial charge in [0.15, 0.2) is 0 Å². The summed E-state index contributed by atoms with van der Waals surface area (Å²) in [5.74, 6) is -0.490. The topological polar surface area (TPSA) is 73.2 Å². The van der Waals surface area contributed by atoms with E-state index < -0.39 is 0 Å². The largest absolute Gasteiger partial charge is 0.469 e. The first kappa shape index (κ1) is 17.9. The first-order valence-corrected chi connectivity index (χ1v) is 9.11. The molecule has 0 bridgehead atoms. The van der Waals surface area contributed by atoms with Crippen LogP contribution in [0.3, 0.4) is 0 Å². The maximum Gasteiger partial charge on any atom is 0.305 e. The van der Waals surface area contributed by atoms with Gasteiger partial charge in [0, 0.05) is 19.2 Å². The lowest BCUT2D eigenvalue weighted by Crippen LogP contribution is -2.25. The summed E-state index contributed by atoms with van der Waals surface area (Å²) in [6, 6.07) is 13.5. The van der Waals surface area contributed by atoms with E-state index in [9.17, 15) is 9.59 Å². The zero-order chi connectivity index (χ0) is 18.4. The normalized spacial score (nSPS) is 10.5. The van der Waals surface area contributed by atoms with E-state index in [-0.39, 0.29) is 18.3 Å². The maximum atomic E-state index is 12.6. The first-order valence-electron chi connectivity index (χ1n) is 8.23. The molecule has 2 heterocycles. The molecule has 26 heavy (non-hydrogen) atoms. The van der Waals surface area contributed by atoms with Crippen molar-refractivity contribution < 1.29 is 14.3 Å². The molecule has 134 valence electrons. The fraction of sp³-hybridized carbons (Fsp3) is 0.211. The van der Waals surface area contributed by atoms with Gasteiger partial charge in [0.05, 0.1) is 23.2 Å². The number of ether oxygens (including phenoxy) is 1. The van der Waals surface area contributed by atoms with Crippen molar-refractivity contribution in [2.45, 2.75) is 12.8 Å². The third-order valence-corrected chi connectivity index (χ3v) is 4.68. The number of benzene rings is 1. The van der Waals surface area contributed by atoms with E-state index in [1.54, 1.807) is 10.9 Å². The van der Waals surface area contributed by atoms with Crippen molar-refractivity contribution >= 4 is 23.2 Å². The number of nitrogens with one attached hydrogen (secondary N) is 1. The van der Waals surface area contributed by atoms with E-state index in [0.717, 1.165) is 10.6 Å². The Balaban J connectivity index is 1.79. The molecule has 0 radical (unpaired) electrons. The summed E-state index contributed by atoms with van der Waals surface area (Å²) in [5.41, 5.74) is 2.04. The Hall–Kier alpha value is -2.93. The number of hydrogen-bond acceptors (Lipinski definition) is 5. The highest BCUT2D eigenvalue weighted by atomic mass is 32.1. The van der Waals surface area contributed by atoms with Crippen LogP contribution in [0.15, 0.2) is 54.0 Å². The SMILES string of the molecule is COC(=O)CCCNC(=O)c1cn(-c2ccccc2)nc1-c1cccs1. The van der Waals surface area contributed by atoms with E-state index in [1.165, 1.54) is 18.4 Å². The van der Waals surface area contributed by atoms with Gasteiger partial charge < -0.3 is 10.1 Å². The lowest BCUT2D eigenvalue weighted by molar-refractivity contribution is -0.140. The Bertz CT molecular complexity index is 873. The van der Waals surface area contributed by atoms with E-state index in [0.29, 0.717) is 24.2 Å². The molecule has 0 saturated carbocycles. The molecule has 0 atom stereocenters. The van der Waals surface area contributed by atoms with Crippen molar-refractivity contribution in [1.29, 1.82) is 0 Å². The number of rotatable bonds is 7. The zero-order valence-electron chi connectivity index (χ0n) is 14.3. The summed E-state index contributed by atoms with van der Waals surface area (Å²) in [4.78, 5) is 24.7. The fourth-order valence-electron chi connectivity index (χ4n) is 2.48. The predicted molar refractivity (Wildman–Crippen MR) is 100 cm³/mol. The predicted octanol–water partition coefficient (Wildman–Crippen LogP) is 3.28. The summed E-state index contributed by atoms with van der Waals surface area (Å²) < 4.78 is 6.31. The van der Waals surface area contributed by atoms with Crippen LogP contribution in [0.4, 0.5) is 0 Å². The van der Waals surface area contributed by atoms with Crippen molar-refractivity contribution in [3.63, 3.8) is 0 Å². The summed E-state index contributed by atoms with van der Waals surface area (Å²) in [6.45, 7) is 0.397. The molecule has 3 rings (SSSR count). The fourth-order valence-corrected chi connectivity index (χ4v) is 3.20. The van der Waals surface area contributed by atoms with Gasteiger partial charge in [-0.2, -0.15) is 5.10 Å². The standard InChI is InChI=1S/C19H19N3O3S/c1-25-17(23)10-5-11-20-19(24)15-13-22(14-7-3-2-4-8-14)21-18(15)16-9-6-12-26-16/h2-4,6-9,12-13H,5,10-11H2,1H3,(H,20,24). The van der Waals surface area contributed by atoms with E-state index in [4.69, 9.17) is 0 Å². The van der Waals surface area contributed by atoms with Crippen LogP contribution in [-0.4, -0.2) is 35.3 Å². The minimum Gasteiger partial charge on any atom is -0.469 e. The van der Waals surface area contributed by atoms with Crippen molar-refractivity contribution in [3.05, 3.63) is 59.6 Å². The second-order valence-corrected chi connectivity index (χ2v) is 6.53. The molecule has 1 amide bonds. The second kappa shape index (κ2) is 8.44. The Morgan fingerprint density at radius 1 is 1.19 bits per heavy atom. The van der Waals surface area contributed by atoms with Crippen molar-refractivity contribution in [2.75, 3.05) is 13.7 Å². The molecule has 2 aromatic heterocycles. The number of amides is 1. The van der Waals surface area contributed by atoms with Crippen LogP contribution in [0.5, 0.6) is 0 Å². The smallest absolute Gasteiger partial charge is 0.305 e. The highest BCUT2D eigenvalue weighted by molar-refractivity contribution is 7.13. The molecule has 1 aromatic carbocycles. The van der Waals surface area contributed by atoms with Gasteiger partial charge in [0.2, 0.25) is 0 Å². The van der Waals surface area contributed by atoms with Crippen LogP contribution in [0.2, 0.25) is 0 Å². The number of carbonyl (C=O) groups excluding carboxylic acids is 2. The number of thiophene rings is 1. The highest BCUT2D eigenvalue weighted by Crippen LogP contribution is 2.27. The molecule has 0 unspecified atom stereocenters. The molecule has 0 spiro atoms. The van der Waals surface area contributed by atoms with Gasteiger partial charge in [0.1, 0.15) is 5.69 Å². The van der Waals surface area contributed by atoms with Gasteiger partial charge in [-0.15, -0.1) is 11.3 Å². The molecule has 1 N–H and O–H groups in total. The average molecular weight is 369 g/mol. The van der Waals surface area contributed by atoms with Crippen molar-refractivity contribution in [2.24, 2.45) is 0 Å². The molecule has 7 heteroatoms. The van der Waals surface area contributed by atoms with Crippen LogP contribution >= 0.6 is 11.3 Å². The van der Waals surface area contributed by atoms with Gasteiger partial charge in [-0.25, -0.2) is 4.68 Å². The lowest BCUT2D eigenvalue weighted by Gasteiger charge is -2.04. The minimum atomic E-state index is -0.282. The van der Waals surface area contributed by atoms with Gasteiger partial charge in [0.25, 0.3) is 5.91 Å². The summed E-state index contributed by atoms with van der Waals surface area (Å²) in [7, 11) is 1.35. The Kier molecular flexibility index (Phi) is 5.80. The number of nitrogens with zero attached hydrogens (tertiary/aromatic N) is 2. The van der Waals surface area contributed by atoms with Crippen LogP contribution < -0.4 is 5.32 Å². The van der Waals surface area contributed by atoms with Gasteiger partial charge in [-0.3, -0.25) is 9.59 Å². The van der Waals surface area contributed by atoms with E-state index >= 15 is 0 Å². The van der Waals surface area contributed by atoms with Gasteiger partial charge >= 0.3 is 5.97 Å². The number of esters is 1. The number of methoxy groups -OCH3 is 1. The first-order chi connectivity index (χ1) is 12.7. The number of aromatic nitrogens is 2. The molecule has 3 aromatic rings. The molecule has 0 fully saturated rings. The zero-order valence-corrected chi connectivity index (χ0v) is 15.2. The molecule has 0 aliphatic carbocycles.